The molecule has 0 aliphatic rings. The first-order valence-electron chi connectivity index (χ1n) is 11.1. The van der Waals surface area contributed by atoms with Crippen LogP contribution < -0.4 is 0 Å². The number of ketones is 1. The Hall–Kier alpha value is -4.26. The zero-order chi connectivity index (χ0) is 24.2. The zero-order valence-corrected chi connectivity index (χ0v) is 18.7. The highest BCUT2D eigenvalue weighted by Crippen LogP contribution is 2.26. The summed E-state index contributed by atoms with van der Waals surface area (Å²) < 4.78 is 2.10. The highest BCUT2D eigenvalue weighted by atomic mass is 16.4. The van der Waals surface area contributed by atoms with Crippen LogP contribution in [-0.4, -0.2) is 37.5 Å². The average Bonchev–Trinajstić information content (AvgIpc) is 3.19. The summed E-state index contributed by atoms with van der Waals surface area (Å²) in [5.41, 5.74) is 4.21. The van der Waals surface area contributed by atoms with Gasteiger partial charge in [0.05, 0.1) is 16.6 Å². The number of hydrogen-bond donors (Lipinski definition) is 2. The standard InChI is InChI=1S/C27H24N2O5/c1-2-3-8-24-28-22-15-19(26(31)32)13-14-23(22)29(24)16-17-9-11-18(12-10-17)20-6-4-5-7-21(20)25(30)27(33)34/h4-7,9-15H,2-3,8,16H2,1H3,(H,31,32)(H,33,34). The van der Waals surface area contributed by atoms with Crippen molar-refractivity contribution >= 4 is 28.8 Å². The minimum Gasteiger partial charge on any atom is -0.478 e. The summed E-state index contributed by atoms with van der Waals surface area (Å²) in [5.74, 6) is -2.50. The minimum absolute atomic E-state index is 0.152. The van der Waals surface area contributed by atoms with Gasteiger partial charge in [-0.2, -0.15) is 0 Å². The van der Waals surface area contributed by atoms with E-state index in [1.54, 1.807) is 36.4 Å². The maximum Gasteiger partial charge on any atom is 0.377 e. The third-order valence-electron chi connectivity index (χ3n) is 5.80. The fourth-order valence-electron chi connectivity index (χ4n) is 4.04. The fourth-order valence-corrected chi connectivity index (χ4v) is 4.04. The molecule has 0 saturated carbocycles. The predicted molar refractivity (Wildman–Crippen MR) is 128 cm³/mol. The topological polar surface area (TPSA) is 109 Å². The molecule has 0 radical (unpaired) electrons. The molecule has 7 nitrogen and oxygen atoms in total. The molecule has 2 N–H and O–H groups in total. The van der Waals surface area contributed by atoms with Gasteiger partial charge >= 0.3 is 11.9 Å². The first kappa shape index (κ1) is 22.9. The van der Waals surface area contributed by atoms with E-state index in [0.29, 0.717) is 17.6 Å². The van der Waals surface area contributed by atoms with Crippen LogP contribution in [0.1, 0.15) is 51.9 Å². The van der Waals surface area contributed by atoms with Gasteiger partial charge in [0.25, 0.3) is 5.78 Å². The van der Waals surface area contributed by atoms with Crippen LogP contribution in [0.15, 0.2) is 66.7 Å². The maximum absolute atomic E-state index is 12.1. The van der Waals surface area contributed by atoms with E-state index in [9.17, 15) is 19.5 Å². The molecule has 0 aliphatic carbocycles. The van der Waals surface area contributed by atoms with Crippen molar-refractivity contribution in [2.45, 2.75) is 32.7 Å². The summed E-state index contributed by atoms with van der Waals surface area (Å²) in [7, 11) is 0. The minimum atomic E-state index is -1.48. The molecule has 0 atom stereocenters. The van der Waals surface area contributed by atoms with Crippen LogP contribution in [0.2, 0.25) is 0 Å². The summed E-state index contributed by atoms with van der Waals surface area (Å²) in [6, 6.07) is 19.3. The number of aliphatic carboxylic acids is 1. The second kappa shape index (κ2) is 9.70. The van der Waals surface area contributed by atoms with E-state index >= 15 is 0 Å². The van der Waals surface area contributed by atoms with Gasteiger partial charge in [-0.25, -0.2) is 14.6 Å². The molecular formula is C27H24N2O5. The Bertz CT molecular complexity index is 1390. The van der Waals surface area contributed by atoms with Crippen LogP contribution >= 0.6 is 0 Å². The molecule has 7 heteroatoms. The summed E-state index contributed by atoms with van der Waals surface area (Å²) in [6.07, 6.45) is 2.78. The first-order chi connectivity index (χ1) is 16.4. The van der Waals surface area contributed by atoms with E-state index in [2.05, 4.69) is 11.5 Å². The number of aryl methyl sites for hydroxylation is 1. The van der Waals surface area contributed by atoms with Gasteiger partial charge in [0.1, 0.15) is 5.82 Å². The summed E-state index contributed by atoms with van der Waals surface area (Å²) >= 11 is 0. The highest BCUT2D eigenvalue weighted by molar-refractivity contribution is 6.41. The van der Waals surface area contributed by atoms with Crippen LogP contribution in [0.5, 0.6) is 0 Å². The van der Waals surface area contributed by atoms with Crippen molar-refractivity contribution in [3.8, 4) is 11.1 Å². The Labute approximate surface area is 196 Å². The molecule has 1 heterocycles. The number of rotatable bonds is 9. The maximum atomic E-state index is 12.1. The molecule has 0 aliphatic heterocycles. The smallest absolute Gasteiger partial charge is 0.377 e. The van der Waals surface area contributed by atoms with Crippen molar-refractivity contribution in [2.75, 3.05) is 0 Å². The van der Waals surface area contributed by atoms with Crippen LogP contribution in [0.4, 0.5) is 0 Å². The van der Waals surface area contributed by atoms with Crippen LogP contribution in [-0.2, 0) is 17.8 Å². The molecule has 0 fully saturated rings. The van der Waals surface area contributed by atoms with Crippen molar-refractivity contribution in [3.63, 3.8) is 0 Å². The van der Waals surface area contributed by atoms with Gasteiger partial charge in [-0.05, 0) is 41.3 Å². The highest BCUT2D eigenvalue weighted by Gasteiger charge is 2.19. The summed E-state index contributed by atoms with van der Waals surface area (Å²) in [4.78, 5) is 39.4. The number of carbonyl (C=O) groups excluding carboxylic acids is 1. The van der Waals surface area contributed by atoms with Crippen molar-refractivity contribution in [1.29, 1.82) is 0 Å². The lowest BCUT2D eigenvalue weighted by Gasteiger charge is -2.11. The van der Waals surface area contributed by atoms with Gasteiger partial charge in [-0.3, -0.25) is 4.79 Å². The van der Waals surface area contributed by atoms with Crippen LogP contribution in [0, 0.1) is 0 Å². The van der Waals surface area contributed by atoms with Crippen molar-refractivity contribution in [2.24, 2.45) is 0 Å². The third-order valence-corrected chi connectivity index (χ3v) is 5.80. The Kier molecular flexibility index (Phi) is 6.54. The first-order valence-corrected chi connectivity index (χ1v) is 11.1. The molecule has 4 rings (SSSR count). The van der Waals surface area contributed by atoms with Gasteiger partial charge in [0.2, 0.25) is 0 Å². The van der Waals surface area contributed by atoms with Crippen LogP contribution in [0.3, 0.4) is 0 Å². The normalized spacial score (nSPS) is 11.0. The molecule has 0 saturated heterocycles. The molecule has 0 bridgehead atoms. The van der Waals surface area contributed by atoms with Gasteiger partial charge in [-0.15, -0.1) is 0 Å². The SMILES string of the molecule is CCCCc1nc2cc(C(=O)O)ccc2n1Cc1ccc(-c2ccccc2C(=O)C(=O)O)cc1. The van der Waals surface area contributed by atoms with E-state index in [4.69, 9.17) is 10.1 Å². The van der Waals surface area contributed by atoms with E-state index in [-0.39, 0.29) is 11.1 Å². The lowest BCUT2D eigenvalue weighted by molar-refractivity contribution is -0.131. The second-order valence-corrected chi connectivity index (χ2v) is 8.10. The van der Waals surface area contributed by atoms with Crippen molar-refractivity contribution in [3.05, 3.63) is 89.2 Å². The van der Waals surface area contributed by atoms with Crippen molar-refractivity contribution < 1.29 is 24.6 Å². The number of hydrogen-bond acceptors (Lipinski definition) is 4. The molecule has 0 spiro atoms. The molecule has 0 unspecified atom stereocenters. The number of aromatic nitrogens is 2. The number of benzene rings is 3. The molecule has 1 aromatic heterocycles. The zero-order valence-electron chi connectivity index (χ0n) is 18.7. The number of unbranched alkanes of at least 4 members (excludes halogenated alkanes) is 1. The average molecular weight is 456 g/mol. The number of nitrogens with zero attached hydrogens (tertiary/aromatic N) is 2. The fraction of sp³-hybridized carbons (Fsp3) is 0.185. The Morgan fingerprint density at radius 3 is 2.35 bits per heavy atom. The number of fused-ring (bicyclic) bond motifs is 1. The van der Waals surface area contributed by atoms with E-state index in [1.165, 1.54) is 6.07 Å². The largest absolute Gasteiger partial charge is 0.478 e. The van der Waals surface area contributed by atoms with E-state index < -0.39 is 17.7 Å². The second-order valence-electron chi connectivity index (χ2n) is 8.10. The number of carboxylic acids is 2. The summed E-state index contributed by atoms with van der Waals surface area (Å²) in [5, 5.41) is 18.4. The Balaban J connectivity index is 1.68. The molecule has 34 heavy (non-hydrogen) atoms. The number of carbonyl (C=O) groups is 3. The van der Waals surface area contributed by atoms with Gasteiger partial charge < -0.3 is 14.8 Å². The van der Waals surface area contributed by atoms with E-state index in [0.717, 1.165) is 41.7 Å². The molecule has 0 amide bonds. The molecular weight excluding hydrogens is 432 g/mol. The lowest BCUT2D eigenvalue weighted by atomic mass is 9.96. The number of imidazole rings is 1. The quantitative estimate of drug-likeness (QED) is 0.269. The number of Topliss-reactive ketones (excluding diaryl/α,β-unsaturated/α-hetero) is 1. The van der Waals surface area contributed by atoms with E-state index in [1.807, 2.05) is 24.3 Å². The predicted octanol–water partition coefficient (Wildman–Crippen LogP) is 5.06. The molecule has 4 aromatic rings. The van der Waals surface area contributed by atoms with Gasteiger partial charge in [0, 0.05) is 18.5 Å². The number of carboxylic acid groups (broad SMARTS) is 2. The Morgan fingerprint density at radius 1 is 0.941 bits per heavy atom. The molecule has 3 aromatic carbocycles. The Morgan fingerprint density at radius 2 is 1.68 bits per heavy atom. The number of aromatic carboxylic acids is 1. The lowest BCUT2D eigenvalue weighted by Crippen LogP contribution is -2.13. The molecule has 172 valence electrons. The third kappa shape index (κ3) is 4.59. The van der Waals surface area contributed by atoms with Gasteiger partial charge in [0.15, 0.2) is 0 Å². The van der Waals surface area contributed by atoms with Gasteiger partial charge in [-0.1, -0.05) is 61.9 Å². The van der Waals surface area contributed by atoms with Crippen LogP contribution in [0.25, 0.3) is 22.2 Å². The van der Waals surface area contributed by atoms with Crippen molar-refractivity contribution in [1.82, 2.24) is 9.55 Å². The monoisotopic (exact) mass is 456 g/mol. The summed E-state index contributed by atoms with van der Waals surface area (Å²) in [6.45, 7) is 2.67.